The molecule has 0 aromatic carbocycles. The molecule has 0 amide bonds. The lowest BCUT2D eigenvalue weighted by atomic mass is 9.99. The maximum absolute atomic E-state index is 12.9. The summed E-state index contributed by atoms with van der Waals surface area (Å²) < 4.78 is 212. The van der Waals surface area contributed by atoms with Gasteiger partial charge in [-0.1, -0.05) is 0 Å². The quantitative estimate of drug-likeness (QED) is 0.459. The molecule has 18 heteroatoms. The number of hydrogen-bond donors (Lipinski definition) is 0. The molecule has 0 spiro atoms. The second-order valence-electron chi connectivity index (χ2n) is 4.68. The molecular formula is C9H3F17O. The Kier molecular flexibility index (Phi) is 6.38. The average Bonchev–Trinajstić information content (AvgIpc) is 2.41. The molecule has 0 aromatic heterocycles. The highest BCUT2D eigenvalue weighted by Gasteiger charge is 2.85. The van der Waals surface area contributed by atoms with Crippen molar-refractivity contribution in [2.45, 2.75) is 48.3 Å². The second kappa shape index (κ2) is 6.68. The average molecular weight is 450 g/mol. The summed E-state index contributed by atoms with van der Waals surface area (Å²) in [5.41, 5.74) is 0. The van der Waals surface area contributed by atoms with E-state index in [1.807, 2.05) is 0 Å². The topological polar surface area (TPSA) is 9.23 Å². The standard InChI is InChI=1S/C9H3F17O/c10-2(5(15,16)27-1-3(11,12)8(21,22)23)4(13,14)6(17,18)7(19,20)9(24,25)26/h2H,1H2. The SMILES string of the molecule is FC(C(F)(F)OCC(F)(F)C(F)(F)F)C(F)(F)C(F)(F)C(F)(F)C(F)(F)F. The molecule has 0 saturated carbocycles. The third-order valence-corrected chi connectivity index (χ3v) is 2.64. The van der Waals surface area contributed by atoms with E-state index < -0.39 is 54.9 Å². The van der Waals surface area contributed by atoms with Gasteiger partial charge in [-0.2, -0.15) is 70.2 Å². The zero-order chi connectivity index (χ0) is 22.5. The highest BCUT2D eigenvalue weighted by Crippen LogP contribution is 2.56. The van der Waals surface area contributed by atoms with E-state index in [9.17, 15) is 74.6 Å². The molecule has 27 heavy (non-hydrogen) atoms. The van der Waals surface area contributed by atoms with Crippen molar-refractivity contribution < 1.29 is 79.4 Å². The minimum atomic E-state index is -7.92. The molecule has 164 valence electrons. The summed E-state index contributed by atoms with van der Waals surface area (Å²) in [5, 5.41) is 0. The van der Waals surface area contributed by atoms with E-state index in [4.69, 9.17) is 0 Å². The molecule has 0 aromatic rings. The maximum atomic E-state index is 12.9. The van der Waals surface area contributed by atoms with Gasteiger partial charge in [-0.3, -0.25) is 0 Å². The summed E-state index contributed by atoms with van der Waals surface area (Å²) in [5.74, 6) is -29.6. The molecule has 0 saturated heterocycles. The fourth-order valence-electron chi connectivity index (χ4n) is 1.10. The van der Waals surface area contributed by atoms with Crippen LogP contribution in [0.1, 0.15) is 0 Å². The number of alkyl halides is 17. The van der Waals surface area contributed by atoms with E-state index >= 15 is 0 Å². The summed E-state index contributed by atoms with van der Waals surface area (Å²) in [6.07, 6.45) is -27.1. The first-order valence-corrected chi connectivity index (χ1v) is 5.67. The normalized spacial score (nSPS) is 17.2. The first kappa shape index (κ1) is 25.8. The maximum Gasteiger partial charge on any atom is 0.460 e. The molecule has 0 radical (unpaired) electrons. The Morgan fingerprint density at radius 3 is 1.22 bits per heavy atom. The monoisotopic (exact) mass is 450 g/mol. The van der Waals surface area contributed by atoms with Gasteiger partial charge in [0.05, 0.1) is 0 Å². The van der Waals surface area contributed by atoms with Crippen LogP contribution in [-0.2, 0) is 4.74 Å². The van der Waals surface area contributed by atoms with Crippen LogP contribution in [0.25, 0.3) is 0 Å². The molecule has 0 bridgehead atoms. The van der Waals surface area contributed by atoms with Crippen LogP contribution in [0.3, 0.4) is 0 Å². The van der Waals surface area contributed by atoms with Crippen LogP contribution in [0.2, 0.25) is 0 Å². The number of hydrogen-bond acceptors (Lipinski definition) is 1. The van der Waals surface area contributed by atoms with Gasteiger partial charge in [0, 0.05) is 0 Å². The summed E-state index contributed by atoms with van der Waals surface area (Å²) in [4.78, 5) is 0. The largest absolute Gasteiger partial charge is 0.460 e. The number of halogens is 17. The minimum Gasteiger partial charge on any atom is -0.311 e. The molecule has 0 aliphatic carbocycles. The molecule has 0 rings (SSSR count). The second-order valence-corrected chi connectivity index (χ2v) is 4.68. The summed E-state index contributed by atoms with van der Waals surface area (Å²) in [6, 6.07) is 0. The van der Waals surface area contributed by atoms with Crippen molar-refractivity contribution in [3.05, 3.63) is 0 Å². The van der Waals surface area contributed by atoms with Crippen LogP contribution in [-0.4, -0.2) is 54.9 Å². The fourth-order valence-corrected chi connectivity index (χ4v) is 1.10. The van der Waals surface area contributed by atoms with Gasteiger partial charge in [0.25, 0.3) is 6.17 Å². The summed E-state index contributed by atoms with van der Waals surface area (Å²) in [7, 11) is 0. The number of ether oxygens (including phenoxy) is 1. The van der Waals surface area contributed by atoms with Crippen LogP contribution in [0.5, 0.6) is 0 Å². The van der Waals surface area contributed by atoms with Crippen molar-refractivity contribution in [1.82, 2.24) is 0 Å². The van der Waals surface area contributed by atoms with Gasteiger partial charge < -0.3 is 4.74 Å². The van der Waals surface area contributed by atoms with Crippen molar-refractivity contribution in [2.24, 2.45) is 0 Å². The Morgan fingerprint density at radius 1 is 0.556 bits per heavy atom. The first-order valence-electron chi connectivity index (χ1n) is 5.67. The van der Waals surface area contributed by atoms with E-state index in [1.165, 1.54) is 0 Å². The predicted octanol–water partition coefficient (Wildman–Crippen LogP) is 5.60. The fraction of sp³-hybridized carbons (Fsp3) is 1.00. The molecule has 0 heterocycles. The number of rotatable bonds is 7. The molecule has 1 atom stereocenters. The van der Waals surface area contributed by atoms with Gasteiger partial charge >= 0.3 is 42.2 Å². The highest BCUT2D eigenvalue weighted by atomic mass is 19.4. The van der Waals surface area contributed by atoms with Crippen LogP contribution in [0, 0.1) is 0 Å². The lowest BCUT2D eigenvalue weighted by Gasteiger charge is -2.36. The van der Waals surface area contributed by atoms with Gasteiger partial charge in [0.1, 0.15) is 6.61 Å². The molecule has 0 aliphatic heterocycles. The Bertz CT molecular complexity index is 513. The van der Waals surface area contributed by atoms with Crippen LogP contribution in [0.4, 0.5) is 74.6 Å². The highest BCUT2D eigenvalue weighted by molar-refractivity contribution is 5.05. The zero-order valence-corrected chi connectivity index (χ0v) is 11.6. The van der Waals surface area contributed by atoms with E-state index in [-0.39, 0.29) is 0 Å². The van der Waals surface area contributed by atoms with E-state index in [0.717, 1.165) is 0 Å². The molecule has 1 unspecified atom stereocenters. The van der Waals surface area contributed by atoms with Gasteiger partial charge in [0.15, 0.2) is 0 Å². The smallest absolute Gasteiger partial charge is 0.311 e. The van der Waals surface area contributed by atoms with Crippen molar-refractivity contribution >= 4 is 0 Å². The third kappa shape index (κ3) is 4.44. The van der Waals surface area contributed by atoms with Crippen molar-refractivity contribution in [1.29, 1.82) is 0 Å². The van der Waals surface area contributed by atoms with Gasteiger partial charge in [-0.05, 0) is 0 Å². The Hall–Kier alpha value is -1.23. The summed E-state index contributed by atoms with van der Waals surface area (Å²) >= 11 is 0. The van der Waals surface area contributed by atoms with Crippen molar-refractivity contribution in [3.63, 3.8) is 0 Å². The van der Waals surface area contributed by atoms with Gasteiger partial charge in [0.2, 0.25) is 0 Å². The van der Waals surface area contributed by atoms with E-state index in [0.29, 0.717) is 0 Å². The zero-order valence-electron chi connectivity index (χ0n) is 11.6. The summed E-state index contributed by atoms with van der Waals surface area (Å²) in [6.45, 7) is -3.65. The van der Waals surface area contributed by atoms with Gasteiger partial charge in [-0.15, -0.1) is 0 Å². The van der Waals surface area contributed by atoms with Gasteiger partial charge in [-0.25, -0.2) is 4.39 Å². The molecular weight excluding hydrogens is 447 g/mol. The molecule has 0 fully saturated rings. The molecule has 0 N–H and O–H groups in total. The van der Waals surface area contributed by atoms with Crippen molar-refractivity contribution in [3.8, 4) is 0 Å². The Labute approximate surface area is 136 Å². The first-order chi connectivity index (χ1) is 11.4. The van der Waals surface area contributed by atoms with Crippen LogP contribution in [0.15, 0.2) is 0 Å². The van der Waals surface area contributed by atoms with Crippen LogP contribution >= 0.6 is 0 Å². The Morgan fingerprint density at radius 2 is 0.926 bits per heavy atom. The molecule has 1 nitrogen and oxygen atoms in total. The van der Waals surface area contributed by atoms with Crippen molar-refractivity contribution in [2.75, 3.05) is 6.61 Å². The lowest BCUT2D eigenvalue weighted by Crippen LogP contribution is -2.66. The lowest BCUT2D eigenvalue weighted by molar-refractivity contribution is -0.425. The Balaban J connectivity index is 5.76. The minimum absolute atomic E-state index is 2.14. The predicted molar refractivity (Wildman–Crippen MR) is 47.7 cm³/mol. The van der Waals surface area contributed by atoms with E-state index in [1.54, 1.807) is 0 Å². The third-order valence-electron chi connectivity index (χ3n) is 2.64. The molecule has 0 aliphatic rings. The van der Waals surface area contributed by atoms with E-state index in [2.05, 4.69) is 4.74 Å². The van der Waals surface area contributed by atoms with Crippen LogP contribution < -0.4 is 0 Å².